The van der Waals surface area contributed by atoms with E-state index in [0.29, 0.717) is 0 Å². The van der Waals surface area contributed by atoms with Crippen molar-refractivity contribution >= 4 is 35.0 Å². The Morgan fingerprint density at radius 1 is 0.818 bits per heavy atom. The quantitative estimate of drug-likeness (QED) is 0.665. The van der Waals surface area contributed by atoms with Crippen LogP contribution in [0.3, 0.4) is 0 Å². The Morgan fingerprint density at radius 3 is 1.55 bits per heavy atom. The number of hydrogen-bond donors (Lipinski definition) is 2. The second kappa shape index (κ2) is 5.00. The van der Waals surface area contributed by atoms with Crippen LogP contribution < -0.4 is 21.3 Å². The summed E-state index contributed by atoms with van der Waals surface area (Å²) in [6, 6.07) is 4.35. The Kier molecular flexibility index (Phi) is 3.27. The van der Waals surface area contributed by atoms with Crippen molar-refractivity contribution in [3.05, 3.63) is 24.3 Å². The second-order valence-corrected chi connectivity index (χ2v) is 5.28. The smallest absolute Gasteiger partial charge is 0.251 e. The zero-order chi connectivity index (χ0) is 16.0. The molecule has 0 aliphatic carbocycles. The summed E-state index contributed by atoms with van der Waals surface area (Å²) in [5.41, 5.74) is 11.7. The number of imide groups is 2. The van der Waals surface area contributed by atoms with Crippen LogP contribution in [0, 0.1) is 0 Å². The van der Waals surface area contributed by atoms with Gasteiger partial charge in [0, 0.05) is 0 Å². The lowest BCUT2D eigenvalue weighted by Gasteiger charge is -2.19. The highest BCUT2D eigenvalue weighted by molar-refractivity contribution is 6.24. The van der Waals surface area contributed by atoms with Crippen molar-refractivity contribution in [1.82, 2.24) is 0 Å². The Bertz CT molecular complexity index is 647. The van der Waals surface area contributed by atoms with Gasteiger partial charge >= 0.3 is 0 Å². The molecular formula is C14H14N4O4. The molecule has 1 aromatic rings. The zero-order valence-corrected chi connectivity index (χ0v) is 11.6. The van der Waals surface area contributed by atoms with Crippen molar-refractivity contribution < 1.29 is 19.2 Å². The maximum absolute atomic E-state index is 11.9. The van der Waals surface area contributed by atoms with Gasteiger partial charge in [0.2, 0.25) is 11.8 Å². The molecule has 3 rings (SSSR count). The second-order valence-electron chi connectivity index (χ2n) is 5.28. The Labute approximate surface area is 125 Å². The van der Waals surface area contributed by atoms with E-state index in [1.807, 2.05) is 0 Å². The highest BCUT2D eigenvalue weighted by Gasteiger charge is 2.39. The minimum atomic E-state index is -0.861. The van der Waals surface area contributed by atoms with Crippen LogP contribution in [0.2, 0.25) is 0 Å². The predicted octanol–water partition coefficient (Wildman–Crippen LogP) is -1.13. The summed E-state index contributed by atoms with van der Waals surface area (Å²) in [4.78, 5) is 49.6. The number of nitrogens with zero attached hydrogens (tertiary/aromatic N) is 2. The highest BCUT2D eigenvalue weighted by Crippen LogP contribution is 2.29. The molecule has 8 nitrogen and oxygen atoms in total. The summed E-state index contributed by atoms with van der Waals surface area (Å²) in [6.45, 7) is 0. The normalized spacial score (nSPS) is 25.5. The van der Waals surface area contributed by atoms with Gasteiger partial charge < -0.3 is 11.5 Å². The van der Waals surface area contributed by atoms with E-state index in [2.05, 4.69) is 0 Å². The molecule has 0 spiro atoms. The lowest BCUT2D eigenvalue weighted by atomic mass is 10.2. The van der Waals surface area contributed by atoms with E-state index in [1.165, 1.54) is 6.07 Å². The van der Waals surface area contributed by atoms with Gasteiger partial charge in [0.25, 0.3) is 11.8 Å². The minimum absolute atomic E-state index is 0.0600. The number of rotatable bonds is 2. The number of amides is 4. The van der Waals surface area contributed by atoms with Crippen LogP contribution in [0.1, 0.15) is 12.8 Å². The molecular weight excluding hydrogens is 288 g/mol. The molecule has 2 aliphatic rings. The average molecular weight is 302 g/mol. The third kappa shape index (κ3) is 2.09. The molecule has 114 valence electrons. The molecule has 22 heavy (non-hydrogen) atoms. The van der Waals surface area contributed by atoms with E-state index in [0.717, 1.165) is 9.80 Å². The van der Waals surface area contributed by atoms with E-state index in [1.54, 1.807) is 18.2 Å². The molecule has 2 aliphatic heterocycles. The highest BCUT2D eigenvalue weighted by atomic mass is 16.2. The van der Waals surface area contributed by atoms with Crippen LogP contribution in [0.5, 0.6) is 0 Å². The van der Waals surface area contributed by atoms with Gasteiger partial charge in [-0.1, -0.05) is 6.07 Å². The first-order valence-corrected chi connectivity index (χ1v) is 6.75. The number of anilines is 2. The summed E-state index contributed by atoms with van der Waals surface area (Å²) in [5, 5.41) is 0. The first-order valence-electron chi connectivity index (χ1n) is 6.75. The van der Waals surface area contributed by atoms with Gasteiger partial charge in [0.15, 0.2) is 0 Å². The van der Waals surface area contributed by atoms with Crippen LogP contribution in [-0.4, -0.2) is 35.7 Å². The summed E-state index contributed by atoms with van der Waals surface area (Å²) >= 11 is 0. The third-order valence-corrected chi connectivity index (χ3v) is 3.71. The molecule has 2 heterocycles. The number of nitrogens with two attached hydrogens (primary N) is 2. The molecule has 0 bridgehead atoms. The third-order valence-electron chi connectivity index (χ3n) is 3.71. The minimum Gasteiger partial charge on any atom is -0.319 e. The number of benzene rings is 1. The first-order chi connectivity index (χ1) is 10.4. The maximum Gasteiger partial charge on any atom is 0.251 e. The molecule has 2 atom stereocenters. The predicted molar refractivity (Wildman–Crippen MR) is 76.6 cm³/mol. The fourth-order valence-corrected chi connectivity index (χ4v) is 2.62. The topological polar surface area (TPSA) is 127 Å². The summed E-state index contributed by atoms with van der Waals surface area (Å²) in [6.07, 6.45) is -0.120. The standard InChI is InChI=1S/C14H14N4O4/c15-9-5-11(19)17(13(9)21)7-2-1-3-8(4-7)18-12(20)6-10(16)14(18)22/h1-4,9-10H,5-6,15-16H2. The lowest BCUT2D eigenvalue weighted by molar-refractivity contribution is -0.123. The molecule has 1 aromatic carbocycles. The van der Waals surface area contributed by atoms with Crippen LogP contribution in [0.25, 0.3) is 0 Å². The fraction of sp³-hybridized carbons (Fsp3) is 0.286. The molecule has 2 unspecified atom stereocenters. The summed E-state index contributed by atoms with van der Waals surface area (Å²) < 4.78 is 0. The van der Waals surface area contributed by atoms with E-state index < -0.39 is 35.7 Å². The SMILES string of the molecule is NC1CC(=O)N(c2cccc(N3C(=O)CC(N)C3=O)c2)C1=O. The van der Waals surface area contributed by atoms with Crippen molar-refractivity contribution in [3.63, 3.8) is 0 Å². The van der Waals surface area contributed by atoms with E-state index in [-0.39, 0.29) is 24.2 Å². The van der Waals surface area contributed by atoms with E-state index in [4.69, 9.17) is 11.5 Å². The first kappa shape index (κ1) is 14.4. The van der Waals surface area contributed by atoms with Crippen LogP contribution in [0.15, 0.2) is 24.3 Å². The van der Waals surface area contributed by atoms with Gasteiger partial charge in [0.1, 0.15) is 0 Å². The summed E-state index contributed by atoms with van der Waals surface area (Å²) in [7, 11) is 0. The fourth-order valence-electron chi connectivity index (χ4n) is 2.62. The van der Waals surface area contributed by atoms with Gasteiger partial charge in [-0.05, 0) is 18.2 Å². The van der Waals surface area contributed by atoms with Gasteiger partial charge in [-0.3, -0.25) is 19.2 Å². The number of hydrogen-bond acceptors (Lipinski definition) is 6. The summed E-state index contributed by atoms with van der Waals surface area (Å²) in [5.74, 6) is -1.83. The zero-order valence-electron chi connectivity index (χ0n) is 11.6. The Hall–Kier alpha value is -2.58. The monoisotopic (exact) mass is 302 g/mol. The molecule has 2 saturated heterocycles. The Balaban J connectivity index is 1.97. The van der Waals surface area contributed by atoms with Crippen molar-refractivity contribution in [2.75, 3.05) is 9.80 Å². The van der Waals surface area contributed by atoms with E-state index >= 15 is 0 Å². The molecule has 0 aromatic heterocycles. The molecule has 0 saturated carbocycles. The van der Waals surface area contributed by atoms with Crippen molar-refractivity contribution in [3.8, 4) is 0 Å². The molecule has 4 amide bonds. The molecule has 0 radical (unpaired) electrons. The van der Waals surface area contributed by atoms with Gasteiger partial charge in [-0.2, -0.15) is 0 Å². The number of carbonyl (C=O) groups excluding carboxylic acids is 4. The van der Waals surface area contributed by atoms with E-state index in [9.17, 15) is 19.2 Å². The molecule has 2 fully saturated rings. The number of carbonyl (C=O) groups is 4. The van der Waals surface area contributed by atoms with Gasteiger partial charge in [0.05, 0.1) is 36.3 Å². The molecule has 4 N–H and O–H groups in total. The van der Waals surface area contributed by atoms with Gasteiger partial charge in [-0.25, -0.2) is 9.80 Å². The Morgan fingerprint density at radius 2 is 1.23 bits per heavy atom. The van der Waals surface area contributed by atoms with Crippen molar-refractivity contribution in [2.24, 2.45) is 11.5 Å². The van der Waals surface area contributed by atoms with Crippen LogP contribution >= 0.6 is 0 Å². The van der Waals surface area contributed by atoms with Crippen molar-refractivity contribution in [2.45, 2.75) is 24.9 Å². The van der Waals surface area contributed by atoms with Crippen LogP contribution in [-0.2, 0) is 19.2 Å². The van der Waals surface area contributed by atoms with Crippen LogP contribution in [0.4, 0.5) is 11.4 Å². The maximum atomic E-state index is 11.9. The average Bonchev–Trinajstić information content (AvgIpc) is 2.86. The molecule has 8 heteroatoms. The lowest BCUT2D eigenvalue weighted by Crippen LogP contribution is -2.36. The largest absolute Gasteiger partial charge is 0.319 e. The van der Waals surface area contributed by atoms with Gasteiger partial charge in [-0.15, -0.1) is 0 Å². The van der Waals surface area contributed by atoms with Crippen molar-refractivity contribution in [1.29, 1.82) is 0 Å².